The number of likely N-dealkylation sites (N-methyl/N-ethyl adjacent to an activating group) is 1. The molecule has 1 unspecified atom stereocenters. The van der Waals surface area contributed by atoms with Gasteiger partial charge in [-0.1, -0.05) is 0 Å². The number of nitrogens with zero attached hydrogens (tertiary/aromatic N) is 3. The Labute approximate surface area is 257 Å². The zero-order valence-corrected chi connectivity index (χ0v) is 25.5. The van der Waals surface area contributed by atoms with Crippen molar-refractivity contribution < 1.29 is 51.7 Å². The highest BCUT2D eigenvalue weighted by molar-refractivity contribution is 5.99. The maximum absolute atomic E-state index is 14.1. The molecule has 2 aromatic rings. The number of carboxylic acid groups (broad SMARTS) is 1. The van der Waals surface area contributed by atoms with Crippen molar-refractivity contribution in [3.63, 3.8) is 0 Å². The fraction of sp³-hybridized carbons (Fsp3) is 0.552. The lowest BCUT2D eigenvalue weighted by atomic mass is 10.0. The Balaban J connectivity index is 1.69. The molecule has 4 N–H and O–H groups in total. The number of hydrogen-bond donors (Lipinski definition) is 3. The van der Waals surface area contributed by atoms with Gasteiger partial charge in [-0.15, -0.1) is 0 Å². The molecule has 16 heteroatoms. The summed E-state index contributed by atoms with van der Waals surface area (Å²) in [6, 6.07) is 1.36. The number of halogens is 2. The van der Waals surface area contributed by atoms with Crippen molar-refractivity contribution in [2.75, 3.05) is 27.3 Å². The lowest BCUT2D eigenvalue weighted by Gasteiger charge is -2.35. The van der Waals surface area contributed by atoms with Gasteiger partial charge in [0.25, 0.3) is 5.91 Å². The highest BCUT2D eigenvalue weighted by Crippen LogP contribution is 2.37. The van der Waals surface area contributed by atoms with Crippen molar-refractivity contribution in [2.45, 2.75) is 70.3 Å². The van der Waals surface area contributed by atoms with Gasteiger partial charge < -0.3 is 44.6 Å². The lowest BCUT2D eigenvalue weighted by molar-refractivity contribution is -0.156. The smallest absolute Gasteiger partial charge is 0.407 e. The number of amides is 3. The average molecular weight is 638 g/mol. The number of nitrogens with two attached hydrogens (primary N) is 1. The minimum absolute atomic E-state index is 0.0156. The van der Waals surface area contributed by atoms with Gasteiger partial charge in [0.2, 0.25) is 11.8 Å². The van der Waals surface area contributed by atoms with Crippen LogP contribution in [0, 0.1) is 5.92 Å². The van der Waals surface area contributed by atoms with Crippen LogP contribution in [-0.2, 0) is 14.3 Å². The van der Waals surface area contributed by atoms with Crippen molar-refractivity contribution in [1.29, 1.82) is 0 Å². The van der Waals surface area contributed by atoms with E-state index in [9.17, 15) is 33.1 Å². The number of hydrogen-bond acceptors (Lipinski definition) is 10. The van der Waals surface area contributed by atoms with E-state index in [1.54, 1.807) is 6.92 Å². The van der Waals surface area contributed by atoms with E-state index in [2.05, 4.69) is 19.8 Å². The largest absolute Gasteiger partial charge is 0.489 e. The molecule has 2 heterocycles. The van der Waals surface area contributed by atoms with Crippen LogP contribution < -0.4 is 20.5 Å². The Kier molecular flexibility index (Phi) is 9.85. The van der Waals surface area contributed by atoms with Gasteiger partial charge in [0.1, 0.15) is 11.6 Å². The first-order valence-corrected chi connectivity index (χ1v) is 14.3. The second-order valence-corrected chi connectivity index (χ2v) is 11.6. The SMILES string of the molecule is COC(=O)NC1C[C@@H](C(=O)N(C)C(C)(C)C(=O)O)N(C(=O)c2nc(-c3ccc(OC(F)F)c(OCC4CC4)c3)oc2[C@H](C)N)C1. The number of rotatable bonds is 12. The first-order chi connectivity index (χ1) is 21.1. The highest BCUT2D eigenvalue weighted by Gasteiger charge is 2.47. The number of aliphatic carboxylic acids is 1. The van der Waals surface area contributed by atoms with Crippen LogP contribution in [-0.4, -0.2) is 95.3 Å². The van der Waals surface area contributed by atoms with E-state index < -0.39 is 54.2 Å². The van der Waals surface area contributed by atoms with Crippen molar-refractivity contribution in [1.82, 2.24) is 20.1 Å². The summed E-state index contributed by atoms with van der Waals surface area (Å²) < 4.78 is 47.0. The number of ether oxygens (including phenoxy) is 3. The zero-order chi connectivity index (χ0) is 33.2. The first-order valence-electron chi connectivity index (χ1n) is 14.3. The lowest BCUT2D eigenvalue weighted by Crippen LogP contribution is -2.56. The minimum Gasteiger partial charge on any atom is -0.489 e. The van der Waals surface area contributed by atoms with Crippen molar-refractivity contribution >= 4 is 23.9 Å². The molecule has 246 valence electrons. The van der Waals surface area contributed by atoms with Gasteiger partial charge in [-0.2, -0.15) is 8.78 Å². The van der Waals surface area contributed by atoms with Gasteiger partial charge in [-0.3, -0.25) is 9.59 Å². The molecule has 1 aliphatic carbocycles. The number of methoxy groups -OCH3 is 1. The summed E-state index contributed by atoms with van der Waals surface area (Å²) in [7, 11) is 2.48. The molecule has 0 radical (unpaired) electrons. The average Bonchev–Trinajstić information content (AvgIpc) is 3.55. The van der Waals surface area contributed by atoms with Gasteiger partial charge in [0, 0.05) is 19.2 Å². The van der Waals surface area contributed by atoms with Crippen LogP contribution in [0.5, 0.6) is 11.5 Å². The second-order valence-electron chi connectivity index (χ2n) is 11.6. The number of likely N-dealkylation sites (tertiary alicyclic amines) is 1. The molecule has 0 bridgehead atoms. The van der Waals surface area contributed by atoms with Crippen molar-refractivity contribution in [3.05, 3.63) is 29.7 Å². The summed E-state index contributed by atoms with van der Waals surface area (Å²) in [4.78, 5) is 58.1. The fourth-order valence-corrected chi connectivity index (χ4v) is 4.76. The standard InChI is InChI=1S/C29H37F2N5O9/c1-14(32)22-21(34-23(45-22)16-8-9-19(44-27(30)31)20(10-16)43-13-15-6-7-15)25(38)36-12-17(33-28(41)42-5)11-18(36)24(37)35(4)29(2,3)26(39)40/h8-10,14-15,17-18,27H,6-7,11-13,32H2,1-5H3,(H,33,41)(H,39,40)/t14-,17?,18-/m0/s1. The maximum Gasteiger partial charge on any atom is 0.407 e. The Morgan fingerprint density at radius 1 is 1.24 bits per heavy atom. The van der Waals surface area contributed by atoms with E-state index in [4.69, 9.17) is 14.9 Å². The molecule has 1 aromatic heterocycles. The number of aromatic nitrogens is 1. The second kappa shape index (κ2) is 13.3. The molecule has 1 aliphatic heterocycles. The van der Waals surface area contributed by atoms with Crippen molar-refractivity contribution in [3.8, 4) is 23.0 Å². The Morgan fingerprint density at radius 3 is 2.51 bits per heavy atom. The number of carbonyl (C=O) groups excluding carboxylic acids is 3. The fourth-order valence-electron chi connectivity index (χ4n) is 4.76. The van der Waals surface area contributed by atoms with Crippen LogP contribution >= 0.6 is 0 Å². The van der Waals surface area contributed by atoms with Crippen LogP contribution in [0.15, 0.2) is 22.6 Å². The van der Waals surface area contributed by atoms with E-state index in [1.807, 2.05) is 0 Å². The Bertz CT molecular complexity index is 1440. The summed E-state index contributed by atoms with van der Waals surface area (Å²) >= 11 is 0. The predicted molar refractivity (Wildman–Crippen MR) is 153 cm³/mol. The third-order valence-electron chi connectivity index (χ3n) is 7.89. The van der Waals surface area contributed by atoms with Gasteiger partial charge in [0.15, 0.2) is 23.0 Å². The van der Waals surface area contributed by atoms with Gasteiger partial charge in [-0.05, 0) is 64.2 Å². The summed E-state index contributed by atoms with van der Waals surface area (Å²) in [6.07, 6.45) is 1.12. The van der Waals surface area contributed by atoms with Crippen LogP contribution in [0.2, 0.25) is 0 Å². The first kappa shape index (κ1) is 33.4. The van der Waals surface area contributed by atoms with Crippen LogP contribution in [0.1, 0.15) is 62.3 Å². The van der Waals surface area contributed by atoms with Crippen molar-refractivity contribution in [2.24, 2.45) is 11.7 Å². The molecule has 14 nitrogen and oxygen atoms in total. The summed E-state index contributed by atoms with van der Waals surface area (Å²) in [6.45, 7) is 1.34. The quantitative estimate of drug-likeness (QED) is 0.311. The highest BCUT2D eigenvalue weighted by atomic mass is 19.3. The molecule has 3 atom stereocenters. The number of carboxylic acids is 1. The number of nitrogens with one attached hydrogen (secondary N) is 1. The number of alkyl carbamates (subject to hydrolysis) is 1. The molecule has 45 heavy (non-hydrogen) atoms. The third kappa shape index (κ3) is 7.44. The van der Waals surface area contributed by atoms with Crippen LogP contribution in [0.25, 0.3) is 11.5 Å². The zero-order valence-electron chi connectivity index (χ0n) is 25.5. The molecule has 1 aromatic carbocycles. The molecule has 4 rings (SSSR count). The normalized spacial score (nSPS) is 18.8. The molecule has 3 amide bonds. The molecule has 0 spiro atoms. The monoisotopic (exact) mass is 637 g/mol. The molecular weight excluding hydrogens is 600 g/mol. The number of alkyl halides is 2. The summed E-state index contributed by atoms with van der Waals surface area (Å²) in [5.74, 6) is -2.60. The third-order valence-corrected chi connectivity index (χ3v) is 7.89. The van der Waals surface area contributed by atoms with Crippen LogP contribution in [0.4, 0.5) is 13.6 Å². The molecule has 1 saturated carbocycles. The van der Waals surface area contributed by atoms with E-state index >= 15 is 0 Å². The van der Waals surface area contributed by atoms with Crippen LogP contribution in [0.3, 0.4) is 0 Å². The molecular formula is C29H37F2N5O9. The topological polar surface area (TPSA) is 187 Å². The Hall–Kier alpha value is -4.47. The molecule has 2 aliphatic rings. The van der Waals surface area contributed by atoms with Gasteiger partial charge in [-0.25, -0.2) is 14.6 Å². The van der Waals surface area contributed by atoms with E-state index in [1.165, 1.54) is 51.1 Å². The number of oxazole rings is 1. The maximum atomic E-state index is 14.1. The van der Waals surface area contributed by atoms with Gasteiger partial charge >= 0.3 is 18.7 Å². The predicted octanol–water partition coefficient (Wildman–Crippen LogP) is 3.01. The molecule has 1 saturated heterocycles. The number of benzene rings is 1. The van der Waals surface area contributed by atoms with E-state index in [-0.39, 0.29) is 47.4 Å². The molecule has 2 fully saturated rings. The number of carbonyl (C=O) groups is 4. The van der Waals surface area contributed by atoms with Gasteiger partial charge in [0.05, 0.1) is 25.8 Å². The summed E-state index contributed by atoms with van der Waals surface area (Å²) in [5, 5.41) is 12.3. The van der Waals surface area contributed by atoms with E-state index in [0.29, 0.717) is 12.5 Å². The summed E-state index contributed by atoms with van der Waals surface area (Å²) in [5.41, 5.74) is 4.59. The Morgan fingerprint density at radius 2 is 1.93 bits per heavy atom. The minimum atomic E-state index is -3.08. The van der Waals surface area contributed by atoms with E-state index in [0.717, 1.165) is 17.7 Å².